The SMILES string of the molecule is CC(C)(C)c1ccc(N(c2ccc(C(C)(C)C)cc2)c2ccc(C3(c4ccc([Si](C)(C)C)cc4)c4cc(N(c5ccccc5)c5ccc(C(C)(C)C)cc5)c5oc6ccccc6c5c4-c4c3cc(N(c3ccccc3)c3ccc(C(C)(C)C)cc3)c3oc5ccccc5c43)cc2)cc1. The monoisotopic (exact) mass is 1300 g/mol. The first-order valence-electron chi connectivity index (χ1n) is 34.9. The summed E-state index contributed by atoms with van der Waals surface area (Å²) in [6.45, 7) is 34.8. The number of anilines is 9. The van der Waals surface area contributed by atoms with Gasteiger partial charge < -0.3 is 23.5 Å². The molecule has 2 aromatic heterocycles. The summed E-state index contributed by atoms with van der Waals surface area (Å²) in [5.41, 5.74) is 23.3. The minimum absolute atomic E-state index is 0.0127. The Labute approximate surface area is 580 Å². The lowest BCUT2D eigenvalue weighted by Crippen LogP contribution is -2.38. The van der Waals surface area contributed by atoms with E-state index in [0.717, 1.165) is 128 Å². The van der Waals surface area contributed by atoms with Gasteiger partial charge in [-0.15, -0.1) is 0 Å². The molecule has 1 aliphatic carbocycles. The Morgan fingerprint density at radius 3 is 0.888 bits per heavy atom. The molecule has 0 saturated heterocycles. The Bertz CT molecular complexity index is 5000. The largest absolute Gasteiger partial charge is 0.454 e. The second kappa shape index (κ2) is 23.6. The molecule has 0 unspecified atom stereocenters. The zero-order valence-electron chi connectivity index (χ0n) is 59.6. The van der Waals surface area contributed by atoms with Crippen LogP contribution in [0.25, 0.3) is 55.0 Å². The molecule has 14 aromatic rings. The Hall–Kier alpha value is -10.1. The van der Waals surface area contributed by atoms with E-state index in [2.05, 4.69) is 384 Å². The first-order chi connectivity index (χ1) is 46.8. The third kappa shape index (κ3) is 10.9. The minimum Gasteiger partial charge on any atom is -0.454 e. The van der Waals surface area contributed by atoms with Crippen LogP contribution in [0.2, 0.25) is 19.6 Å². The number of benzene rings is 12. The van der Waals surface area contributed by atoms with Gasteiger partial charge in [0.2, 0.25) is 0 Å². The second-order valence-electron chi connectivity index (χ2n) is 32.2. The van der Waals surface area contributed by atoms with Crippen LogP contribution in [0.4, 0.5) is 51.2 Å². The maximum absolute atomic E-state index is 7.55. The zero-order valence-corrected chi connectivity index (χ0v) is 60.6. The molecule has 5 nitrogen and oxygen atoms in total. The van der Waals surface area contributed by atoms with E-state index >= 15 is 0 Å². The highest BCUT2D eigenvalue weighted by Gasteiger charge is 2.51. The van der Waals surface area contributed by atoms with Crippen molar-refractivity contribution in [2.45, 2.75) is 130 Å². The summed E-state index contributed by atoms with van der Waals surface area (Å²) in [5, 5.41) is 5.60. The number of nitrogens with zero attached hydrogens (tertiary/aromatic N) is 3. The third-order valence-electron chi connectivity index (χ3n) is 20.5. The normalized spacial score (nSPS) is 13.3. The van der Waals surface area contributed by atoms with Crippen molar-refractivity contribution in [1.29, 1.82) is 0 Å². The van der Waals surface area contributed by atoms with Gasteiger partial charge in [0.05, 0.1) is 24.9 Å². The van der Waals surface area contributed by atoms with Gasteiger partial charge in [0, 0.05) is 61.4 Å². The van der Waals surface area contributed by atoms with Gasteiger partial charge in [-0.25, -0.2) is 0 Å². The van der Waals surface area contributed by atoms with Gasteiger partial charge in [0.1, 0.15) is 11.2 Å². The molecule has 488 valence electrons. The summed E-state index contributed by atoms with van der Waals surface area (Å²) in [6.07, 6.45) is 0. The Morgan fingerprint density at radius 1 is 0.296 bits per heavy atom. The van der Waals surface area contributed by atoms with Crippen LogP contribution in [0.15, 0.2) is 276 Å². The predicted octanol–water partition coefficient (Wildman–Crippen LogP) is 26.0. The molecule has 0 amide bonds. The van der Waals surface area contributed by atoms with Crippen molar-refractivity contribution in [2.24, 2.45) is 0 Å². The summed E-state index contributed by atoms with van der Waals surface area (Å²) < 4.78 is 15.1. The van der Waals surface area contributed by atoms with E-state index in [1.54, 1.807) is 0 Å². The van der Waals surface area contributed by atoms with Crippen molar-refractivity contribution in [1.82, 2.24) is 0 Å². The second-order valence-corrected chi connectivity index (χ2v) is 37.3. The van der Waals surface area contributed by atoms with E-state index in [4.69, 9.17) is 8.83 Å². The Balaban J connectivity index is 1.12. The van der Waals surface area contributed by atoms with Crippen LogP contribution in [0.3, 0.4) is 0 Å². The van der Waals surface area contributed by atoms with Gasteiger partial charge in [-0.1, -0.05) is 266 Å². The molecule has 1 aliphatic rings. The van der Waals surface area contributed by atoms with Gasteiger partial charge in [0.25, 0.3) is 0 Å². The van der Waals surface area contributed by atoms with Gasteiger partial charge >= 0.3 is 0 Å². The minimum atomic E-state index is -1.84. The van der Waals surface area contributed by atoms with E-state index in [1.807, 2.05) is 0 Å². The van der Waals surface area contributed by atoms with Crippen LogP contribution < -0.4 is 19.9 Å². The standard InChI is InChI=1S/C92H89N3O2Si/c1-88(2,3)60-34-46-68(47-35-60)93(69-48-36-61(37-49-69)89(4,5)6)70-54-42-64(43-55-70)92(65-44-56-73(57-45-65)98(13,14)15)76-58-78(94(66-26-18-16-19-27-66)71-50-38-62(39-51-71)90(7,8)9)86-82(74-30-22-24-32-80(74)96-86)84(76)85-77(92)59-79(87-83(85)75-31-23-25-33-81(75)97-87)95(67-28-20-17-21-29-67)72-52-40-63(41-53-72)91(10,11)12/h16-59H,1-15H3. The quantitative estimate of drug-likeness (QED) is 0.114. The summed E-state index contributed by atoms with van der Waals surface area (Å²) in [4.78, 5) is 7.30. The van der Waals surface area contributed by atoms with Crippen molar-refractivity contribution < 1.29 is 8.83 Å². The molecule has 6 heteroatoms. The van der Waals surface area contributed by atoms with Gasteiger partial charge in [-0.3, -0.25) is 0 Å². The van der Waals surface area contributed by atoms with Crippen molar-refractivity contribution >= 4 is 108 Å². The first kappa shape index (κ1) is 63.9. The predicted molar refractivity (Wildman–Crippen MR) is 420 cm³/mol. The molecule has 98 heavy (non-hydrogen) atoms. The van der Waals surface area contributed by atoms with Crippen LogP contribution in [-0.2, 0) is 27.1 Å². The van der Waals surface area contributed by atoms with Crippen LogP contribution >= 0.6 is 0 Å². The van der Waals surface area contributed by atoms with E-state index in [-0.39, 0.29) is 21.7 Å². The molecule has 0 atom stereocenters. The molecular formula is C92H89N3O2Si. The topological polar surface area (TPSA) is 36.0 Å². The van der Waals surface area contributed by atoms with Crippen molar-refractivity contribution in [3.8, 4) is 11.1 Å². The molecule has 12 aromatic carbocycles. The summed E-state index contributed by atoms with van der Waals surface area (Å²) in [6, 6.07) is 100. The zero-order chi connectivity index (χ0) is 68.4. The average molecular weight is 1300 g/mol. The molecule has 0 aliphatic heterocycles. The summed E-state index contributed by atoms with van der Waals surface area (Å²) in [7, 11) is -1.84. The molecule has 0 N–H and O–H groups in total. The molecule has 0 saturated carbocycles. The van der Waals surface area contributed by atoms with Crippen LogP contribution in [-0.4, -0.2) is 8.07 Å². The fourth-order valence-corrected chi connectivity index (χ4v) is 16.3. The molecular weight excluding hydrogens is 1210 g/mol. The lowest BCUT2D eigenvalue weighted by atomic mass is 9.67. The Kier molecular flexibility index (Phi) is 15.4. The van der Waals surface area contributed by atoms with Gasteiger partial charge in [-0.05, 0) is 186 Å². The number of para-hydroxylation sites is 4. The van der Waals surface area contributed by atoms with E-state index in [1.165, 1.54) is 27.4 Å². The fraction of sp³-hybridized carbons (Fsp3) is 0.217. The number of rotatable bonds is 12. The molecule has 0 bridgehead atoms. The lowest BCUT2D eigenvalue weighted by Gasteiger charge is -2.36. The average Bonchev–Trinajstić information content (AvgIpc) is 1.50. The first-order valence-corrected chi connectivity index (χ1v) is 38.4. The van der Waals surface area contributed by atoms with Crippen LogP contribution in [0.1, 0.15) is 128 Å². The highest BCUT2D eigenvalue weighted by Crippen LogP contribution is 2.65. The number of furan rings is 2. The fourth-order valence-electron chi connectivity index (χ4n) is 15.1. The van der Waals surface area contributed by atoms with E-state index in [9.17, 15) is 0 Å². The molecule has 2 heterocycles. The highest BCUT2D eigenvalue weighted by atomic mass is 28.3. The summed E-state index contributed by atoms with van der Waals surface area (Å²) in [5.74, 6) is 0. The maximum atomic E-state index is 7.55. The van der Waals surface area contributed by atoms with E-state index < -0.39 is 13.5 Å². The van der Waals surface area contributed by atoms with Gasteiger partial charge in [0.15, 0.2) is 11.2 Å². The third-order valence-corrected chi connectivity index (χ3v) is 22.6. The highest BCUT2D eigenvalue weighted by molar-refractivity contribution is 6.88. The van der Waals surface area contributed by atoms with Crippen molar-refractivity contribution in [3.05, 3.63) is 311 Å². The van der Waals surface area contributed by atoms with Crippen molar-refractivity contribution in [3.63, 3.8) is 0 Å². The molecule has 15 rings (SSSR count). The van der Waals surface area contributed by atoms with E-state index in [0.29, 0.717) is 0 Å². The Morgan fingerprint density at radius 2 is 0.571 bits per heavy atom. The molecule has 0 fully saturated rings. The van der Waals surface area contributed by atoms with Gasteiger partial charge in [-0.2, -0.15) is 0 Å². The van der Waals surface area contributed by atoms with Crippen LogP contribution in [0, 0.1) is 0 Å². The summed E-state index contributed by atoms with van der Waals surface area (Å²) >= 11 is 0. The molecule has 0 spiro atoms. The molecule has 0 radical (unpaired) electrons. The number of fused-ring (bicyclic) bond motifs is 11. The van der Waals surface area contributed by atoms with Crippen LogP contribution in [0.5, 0.6) is 0 Å². The number of hydrogen-bond acceptors (Lipinski definition) is 5. The number of hydrogen-bond donors (Lipinski definition) is 0. The van der Waals surface area contributed by atoms with Crippen molar-refractivity contribution in [2.75, 3.05) is 14.7 Å². The smallest absolute Gasteiger partial charge is 0.160 e. The maximum Gasteiger partial charge on any atom is 0.160 e. The lowest BCUT2D eigenvalue weighted by molar-refractivity contribution is 0.590.